The highest BCUT2D eigenvalue weighted by Crippen LogP contribution is 2.34. The van der Waals surface area contributed by atoms with Crippen LogP contribution in [0.1, 0.15) is 12.0 Å². The molecule has 0 saturated heterocycles. The van der Waals surface area contributed by atoms with Gasteiger partial charge in [0.05, 0.1) is 13.2 Å². The van der Waals surface area contributed by atoms with Crippen molar-refractivity contribution >= 4 is 11.8 Å². The van der Waals surface area contributed by atoms with E-state index < -0.39 is 0 Å². The molecule has 98 valence electrons. The normalized spacial score (nSPS) is 13.9. The fourth-order valence-corrected chi connectivity index (χ4v) is 2.74. The summed E-state index contributed by atoms with van der Waals surface area (Å²) in [7, 11) is 0. The SMILES string of the molecule is c1cncc(CSc2ccc3c(c2)OCCCO3)c1. The van der Waals surface area contributed by atoms with E-state index in [1.807, 2.05) is 18.3 Å². The average Bonchev–Trinajstić information content (AvgIpc) is 2.71. The van der Waals surface area contributed by atoms with E-state index in [1.165, 1.54) is 10.5 Å². The van der Waals surface area contributed by atoms with E-state index >= 15 is 0 Å². The Labute approximate surface area is 117 Å². The van der Waals surface area contributed by atoms with Gasteiger partial charge < -0.3 is 9.47 Å². The van der Waals surface area contributed by atoms with Crippen molar-refractivity contribution in [3.63, 3.8) is 0 Å². The van der Waals surface area contributed by atoms with Crippen LogP contribution >= 0.6 is 11.8 Å². The molecule has 0 spiro atoms. The van der Waals surface area contributed by atoms with E-state index in [4.69, 9.17) is 9.47 Å². The Balaban J connectivity index is 1.70. The van der Waals surface area contributed by atoms with E-state index in [0.717, 1.165) is 36.9 Å². The number of benzene rings is 1. The molecule has 1 aliphatic heterocycles. The third kappa shape index (κ3) is 3.20. The van der Waals surface area contributed by atoms with Crippen molar-refractivity contribution in [2.24, 2.45) is 0 Å². The summed E-state index contributed by atoms with van der Waals surface area (Å²) in [6.45, 7) is 1.46. The van der Waals surface area contributed by atoms with Gasteiger partial charge in [-0.05, 0) is 29.8 Å². The zero-order valence-electron chi connectivity index (χ0n) is 10.5. The molecular weight excluding hydrogens is 258 g/mol. The Hall–Kier alpha value is -1.68. The summed E-state index contributed by atoms with van der Waals surface area (Å²) in [5.41, 5.74) is 1.22. The minimum atomic E-state index is 0.726. The first kappa shape index (κ1) is 12.4. The molecule has 0 bridgehead atoms. The highest BCUT2D eigenvalue weighted by Gasteiger charge is 2.10. The highest BCUT2D eigenvalue weighted by atomic mass is 32.2. The summed E-state index contributed by atoms with van der Waals surface area (Å²) in [6, 6.07) is 10.2. The third-order valence-corrected chi connectivity index (χ3v) is 3.91. The zero-order chi connectivity index (χ0) is 12.9. The fourth-order valence-electron chi connectivity index (χ4n) is 1.88. The van der Waals surface area contributed by atoms with E-state index in [9.17, 15) is 0 Å². The molecule has 2 aromatic rings. The molecule has 0 fully saturated rings. The Kier molecular flexibility index (Phi) is 3.89. The van der Waals surface area contributed by atoms with Crippen LogP contribution in [0.5, 0.6) is 11.5 Å². The van der Waals surface area contributed by atoms with Gasteiger partial charge in [-0.15, -0.1) is 11.8 Å². The maximum absolute atomic E-state index is 5.69. The molecule has 2 heterocycles. The first-order valence-electron chi connectivity index (χ1n) is 6.33. The number of ether oxygens (including phenoxy) is 2. The van der Waals surface area contributed by atoms with Crippen LogP contribution in [0.3, 0.4) is 0 Å². The van der Waals surface area contributed by atoms with Crippen molar-refractivity contribution in [1.82, 2.24) is 4.98 Å². The van der Waals surface area contributed by atoms with Gasteiger partial charge >= 0.3 is 0 Å². The number of thioether (sulfide) groups is 1. The first-order chi connectivity index (χ1) is 9.42. The van der Waals surface area contributed by atoms with Crippen LogP contribution < -0.4 is 9.47 Å². The molecule has 3 rings (SSSR count). The molecule has 1 aromatic carbocycles. The second kappa shape index (κ2) is 5.97. The van der Waals surface area contributed by atoms with Gasteiger partial charge in [-0.25, -0.2) is 0 Å². The number of pyridine rings is 1. The summed E-state index contributed by atoms with van der Waals surface area (Å²) in [5, 5.41) is 0. The van der Waals surface area contributed by atoms with Gasteiger partial charge in [-0.2, -0.15) is 0 Å². The number of fused-ring (bicyclic) bond motifs is 1. The van der Waals surface area contributed by atoms with Crippen LogP contribution in [-0.2, 0) is 5.75 Å². The molecule has 0 N–H and O–H groups in total. The Morgan fingerprint density at radius 3 is 2.84 bits per heavy atom. The second-order valence-electron chi connectivity index (χ2n) is 4.31. The maximum atomic E-state index is 5.69. The van der Waals surface area contributed by atoms with Gasteiger partial charge in [0.2, 0.25) is 0 Å². The highest BCUT2D eigenvalue weighted by molar-refractivity contribution is 7.98. The predicted octanol–water partition coefficient (Wildman–Crippen LogP) is 3.54. The molecule has 1 aliphatic rings. The lowest BCUT2D eigenvalue weighted by molar-refractivity contribution is 0.297. The molecule has 0 saturated carbocycles. The molecule has 0 unspecified atom stereocenters. The third-order valence-electron chi connectivity index (χ3n) is 2.85. The summed E-state index contributed by atoms with van der Waals surface area (Å²) in [6.07, 6.45) is 4.63. The zero-order valence-corrected chi connectivity index (χ0v) is 11.4. The van der Waals surface area contributed by atoms with Gasteiger partial charge in [-0.3, -0.25) is 4.98 Å². The lowest BCUT2D eigenvalue weighted by Gasteiger charge is -2.09. The van der Waals surface area contributed by atoms with Crippen LogP contribution in [0.2, 0.25) is 0 Å². The summed E-state index contributed by atoms with van der Waals surface area (Å²) in [4.78, 5) is 5.31. The smallest absolute Gasteiger partial charge is 0.162 e. The maximum Gasteiger partial charge on any atom is 0.162 e. The summed E-state index contributed by atoms with van der Waals surface area (Å²) in [5.74, 6) is 2.62. The molecule has 1 aromatic heterocycles. The molecule has 3 nitrogen and oxygen atoms in total. The topological polar surface area (TPSA) is 31.4 Å². The fraction of sp³-hybridized carbons (Fsp3) is 0.267. The Bertz CT molecular complexity index is 545. The number of nitrogens with zero attached hydrogens (tertiary/aromatic N) is 1. The number of hydrogen-bond donors (Lipinski definition) is 0. The van der Waals surface area contributed by atoms with Gasteiger partial charge in [0.1, 0.15) is 0 Å². The molecule has 0 radical (unpaired) electrons. The number of hydrogen-bond acceptors (Lipinski definition) is 4. The lowest BCUT2D eigenvalue weighted by Crippen LogP contribution is -1.97. The largest absolute Gasteiger partial charge is 0.490 e. The average molecular weight is 273 g/mol. The monoisotopic (exact) mass is 273 g/mol. The minimum absolute atomic E-state index is 0.726. The standard InChI is InChI=1S/C15H15NO2S/c1-3-12(10-16-6-1)11-19-13-4-5-14-15(9-13)18-8-2-7-17-14/h1,3-6,9-10H,2,7-8,11H2. The van der Waals surface area contributed by atoms with Crippen molar-refractivity contribution in [3.05, 3.63) is 48.3 Å². The summed E-state index contributed by atoms with van der Waals surface area (Å²) < 4.78 is 11.3. The number of aromatic nitrogens is 1. The van der Waals surface area contributed by atoms with E-state index in [1.54, 1.807) is 18.0 Å². The van der Waals surface area contributed by atoms with Gasteiger partial charge in [0, 0.05) is 29.5 Å². The van der Waals surface area contributed by atoms with Crippen molar-refractivity contribution in [1.29, 1.82) is 0 Å². The molecule has 0 atom stereocenters. The molecule has 19 heavy (non-hydrogen) atoms. The van der Waals surface area contributed by atoms with Crippen molar-refractivity contribution in [3.8, 4) is 11.5 Å². The van der Waals surface area contributed by atoms with Crippen LogP contribution in [0.25, 0.3) is 0 Å². The predicted molar refractivity (Wildman–Crippen MR) is 75.8 cm³/mol. The number of rotatable bonds is 3. The Morgan fingerprint density at radius 1 is 1.11 bits per heavy atom. The summed E-state index contributed by atoms with van der Waals surface area (Å²) >= 11 is 1.78. The van der Waals surface area contributed by atoms with Crippen LogP contribution in [-0.4, -0.2) is 18.2 Å². The van der Waals surface area contributed by atoms with Crippen LogP contribution in [0, 0.1) is 0 Å². The molecule has 0 amide bonds. The first-order valence-corrected chi connectivity index (χ1v) is 7.32. The Morgan fingerprint density at radius 2 is 2.00 bits per heavy atom. The van der Waals surface area contributed by atoms with Crippen LogP contribution in [0.15, 0.2) is 47.6 Å². The van der Waals surface area contributed by atoms with Gasteiger partial charge in [-0.1, -0.05) is 6.07 Å². The van der Waals surface area contributed by atoms with E-state index in [-0.39, 0.29) is 0 Å². The van der Waals surface area contributed by atoms with E-state index in [0.29, 0.717) is 0 Å². The van der Waals surface area contributed by atoms with Gasteiger partial charge in [0.25, 0.3) is 0 Å². The molecule has 0 aliphatic carbocycles. The minimum Gasteiger partial charge on any atom is -0.490 e. The van der Waals surface area contributed by atoms with E-state index in [2.05, 4.69) is 23.2 Å². The van der Waals surface area contributed by atoms with Crippen molar-refractivity contribution < 1.29 is 9.47 Å². The van der Waals surface area contributed by atoms with Crippen molar-refractivity contribution in [2.75, 3.05) is 13.2 Å². The molecule has 4 heteroatoms. The molecular formula is C15H15NO2S. The van der Waals surface area contributed by atoms with Gasteiger partial charge in [0.15, 0.2) is 11.5 Å². The van der Waals surface area contributed by atoms with Crippen LogP contribution in [0.4, 0.5) is 0 Å². The second-order valence-corrected chi connectivity index (χ2v) is 5.36. The van der Waals surface area contributed by atoms with Crippen molar-refractivity contribution in [2.45, 2.75) is 17.1 Å². The quantitative estimate of drug-likeness (QED) is 0.801. The lowest BCUT2D eigenvalue weighted by atomic mass is 10.3.